The Morgan fingerprint density at radius 1 is 1.29 bits per heavy atom. The smallest absolute Gasteiger partial charge is 0.178 e. The number of nitrogens with zero attached hydrogens (tertiary/aromatic N) is 1. The van der Waals surface area contributed by atoms with Crippen LogP contribution in [0.5, 0.6) is 0 Å². The van der Waals surface area contributed by atoms with E-state index in [0.717, 1.165) is 27.5 Å². The summed E-state index contributed by atoms with van der Waals surface area (Å²) in [6.07, 6.45) is 0. The Bertz CT molecular complexity index is 631. The molecule has 0 amide bonds. The van der Waals surface area contributed by atoms with E-state index in [9.17, 15) is 4.79 Å². The zero-order chi connectivity index (χ0) is 15.6. The van der Waals surface area contributed by atoms with E-state index in [1.165, 1.54) is 0 Å². The van der Waals surface area contributed by atoms with E-state index in [4.69, 9.17) is 11.6 Å². The molecule has 0 radical (unpaired) electrons. The molecule has 4 heteroatoms. The summed E-state index contributed by atoms with van der Waals surface area (Å²) in [6, 6.07) is 9.83. The molecule has 0 bridgehead atoms. The van der Waals surface area contributed by atoms with Crippen LogP contribution in [0.4, 0.5) is 0 Å². The van der Waals surface area contributed by atoms with Crippen LogP contribution in [0.25, 0.3) is 0 Å². The number of aryl methyl sites for hydroxylation is 2. The molecule has 0 aliphatic heterocycles. The van der Waals surface area contributed by atoms with Crippen LogP contribution in [0.1, 0.15) is 40.3 Å². The standard InChI is InChI=1S/C17H21ClN2O/c1-11-9-16(12(2)19-11)17(21)10-20(4)13(3)14-5-7-15(18)8-6-14/h5-9,13,19H,10H2,1-4H3. The third-order valence-electron chi connectivity index (χ3n) is 3.86. The number of ketones is 1. The van der Waals surface area contributed by atoms with Gasteiger partial charge in [0.25, 0.3) is 0 Å². The van der Waals surface area contributed by atoms with E-state index in [2.05, 4.69) is 11.9 Å². The summed E-state index contributed by atoms with van der Waals surface area (Å²) in [5, 5.41) is 0.725. The molecule has 1 aromatic heterocycles. The second kappa shape index (κ2) is 6.46. The molecule has 1 heterocycles. The van der Waals surface area contributed by atoms with Crippen LogP contribution in [0.2, 0.25) is 5.02 Å². The molecule has 3 nitrogen and oxygen atoms in total. The third kappa shape index (κ3) is 3.74. The van der Waals surface area contributed by atoms with Gasteiger partial charge in [-0.05, 0) is 51.6 Å². The fraction of sp³-hybridized carbons (Fsp3) is 0.353. The number of carbonyl (C=O) groups excluding carboxylic acids is 1. The normalized spacial score (nSPS) is 12.7. The van der Waals surface area contributed by atoms with Gasteiger partial charge in [0, 0.05) is 28.0 Å². The van der Waals surface area contributed by atoms with Crippen LogP contribution >= 0.6 is 11.6 Å². The van der Waals surface area contributed by atoms with Gasteiger partial charge in [0.1, 0.15) is 0 Å². The minimum Gasteiger partial charge on any atom is -0.362 e. The molecule has 0 fully saturated rings. The first-order chi connectivity index (χ1) is 9.88. The van der Waals surface area contributed by atoms with Crippen LogP contribution in [0.3, 0.4) is 0 Å². The predicted octanol–water partition coefficient (Wildman–Crippen LogP) is 4.16. The molecule has 112 valence electrons. The molecule has 0 aliphatic carbocycles. The number of aromatic nitrogens is 1. The van der Waals surface area contributed by atoms with Gasteiger partial charge in [0.2, 0.25) is 0 Å². The van der Waals surface area contributed by atoms with E-state index < -0.39 is 0 Å². The van der Waals surface area contributed by atoms with Crippen molar-refractivity contribution in [2.24, 2.45) is 0 Å². The van der Waals surface area contributed by atoms with Gasteiger partial charge in [-0.15, -0.1) is 0 Å². The fourth-order valence-corrected chi connectivity index (χ4v) is 2.58. The highest BCUT2D eigenvalue weighted by Gasteiger charge is 2.18. The summed E-state index contributed by atoms with van der Waals surface area (Å²) in [5.74, 6) is 0.139. The second-order valence-corrected chi connectivity index (χ2v) is 5.99. The van der Waals surface area contributed by atoms with Gasteiger partial charge in [-0.2, -0.15) is 0 Å². The quantitative estimate of drug-likeness (QED) is 0.842. The molecule has 1 N–H and O–H groups in total. The first kappa shape index (κ1) is 15.8. The van der Waals surface area contributed by atoms with Crippen molar-refractivity contribution in [2.45, 2.75) is 26.8 Å². The summed E-state index contributed by atoms with van der Waals surface area (Å²) < 4.78 is 0. The number of nitrogens with one attached hydrogen (secondary N) is 1. The number of hydrogen-bond acceptors (Lipinski definition) is 2. The SMILES string of the molecule is Cc1cc(C(=O)CN(C)C(C)c2ccc(Cl)cc2)c(C)[nH]1. The van der Waals surface area contributed by atoms with Crippen LogP contribution in [-0.4, -0.2) is 29.3 Å². The average Bonchev–Trinajstić information content (AvgIpc) is 2.77. The van der Waals surface area contributed by atoms with Crippen molar-refractivity contribution in [3.8, 4) is 0 Å². The van der Waals surface area contributed by atoms with Crippen molar-refractivity contribution in [3.05, 3.63) is 57.9 Å². The highest BCUT2D eigenvalue weighted by Crippen LogP contribution is 2.21. The molecule has 1 unspecified atom stereocenters. The molecule has 0 spiro atoms. The minimum absolute atomic E-state index is 0.139. The number of hydrogen-bond donors (Lipinski definition) is 1. The zero-order valence-electron chi connectivity index (χ0n) is 12.9. The topological polar surface area (TPSA) is 36.1 Å². The van der Waals surface area contributed by atoms with Gasteiger partial charge < -0.3 is 4.98 Å². The number of Topliss-reactive ketones (excluding diaryl/α,β-unsaturated/α-hetero) is 1. The molecule has 21 heavy (non-hydrogen) atoms. The Balaban J connectivity index is 2.06. The van der Waals surface area contributed by atoms with Gasteiger partial charge in [0.15, 0.2) is 5.78 Å². The van der Waals surface area contributed by atoms with Crippen LogP contribution in [0.15, 0.2) is 30.3 Å². The second-order valence-electron chi connectivity index (χ2n) is 5.56. The van der Waals surface area contributed by atoms with Crippen LogP contribution in [0, 0.1) is 13.8 Å². The number of likely N-dealkylation sites (N-methyl/N-ethyl adjacent to an activating group) is 1. The lowest BCUT2D eigenvalue weighted by Crippen LogP contribution is -2.29. The van der Waals surface area contributed by atoms with Crippen molar-refractivity contribution in [1.29, 1.82) is 0 Å². The first-order valence-corrected chi connectivity index (χ1v) is 7.41. The highest BCUT2D eigenvalue weighted by molar-refractivity contribution is 6.30. The maximum absolute atomic E-state index is 12.4. The Labute approximate surface area is 130 Å². The van der Waals surface area contributed by atoms with Crippen LogP contribution in [-0.2, 0) is 0 Å². The van der Waals surface area contributed by atoms with E-state index in [1.54, 1.807) is 0 Å². The van der Waals surface area contributed by atoms with Crippen LogP contribution < -0.4 is 0 Å². The Hall–Kier alpha value is -1.58. The van der Waals surface area contributed by atoms with Gasteiger partial charge in [-0.1, -0.05) is 23.7 Å². The minimum atomic E-state index is 0.139. The Morgan fingerprint density at radius 3 is 2.43 bits per heavy atom. The maximum atomic E-state index is 12.4. The number of aromatic amines is 1. The molecule has 0 aliphatic rings. The lowest BCUT2D eigenvalue weighted by atomic mass is 10.1. The van der Waals surface area contributed by atoms with E-state index in [0.29, 0.717) is 6.54 Å². The third-order valence-corrected chi connectivity index (χ3v) is 4.11. The molecular formula is C17H21ClN2O. The Morgan fingerprint density at radius 2 is 1.90 bits per heavy atom. The van der Waals surface area contributed by atoms with Crippen molar-refractivity contribution >= 4 is 17.4 Å². The molecule has 0 saturated heterocycles. The lowest BCUT2D eigenvalue weighted by Gasteiger charge is -2.24. The van der Waals surface area contributed by atoms with E-state index >= 15 is 0 Å². The average molecular weight is 305 g/mol. The summed E-state index contributed by atoms with van der Waals surface area (Å²) in [7, 11) is 1.96. The van der Waals surface area contributed by atoms with Gasteiger partial charge in [0.05, 0.1) is 6.54 Å². The van der Waals surface area contributed by atoms with Gasteiger partial charge >= 0.3 is 0 Å². The molecule has 1 atom stereocenters. The zero-order valence-corrected chi connectivity index (χ0v) is 13.7. The summed E-state index contributed by atoms with van der Waals surface area (Å²) in [6.45, 7) is 6.38. The van der Waals surface area contributed by atoms with Gasteiger partial charge in [-0.3, -0.25) is 9.69 Å². The van der Waals surface area contributed by atoms with Crippen molar-refractivity contribution < 1.29 is 4.79 Å². The van der Waals surface area contributed by atoms with E-state index in [1.807, 2.05) is 56.1 Å². The van der Waals surface area contributed by atoms with Gasteiger partial charge in [-0.25, -0.2) is 0 Å². The number of halogens is 1. The van der Waals surface area contributed by atoms with Crippen molar-refractivity contribution in [1.82, 2.24) is 9.88 Å². The number of H-pyrrole nitrogens is 1. The lowest BCUT2D eigenvalue weighted by molar-refractivity contribution is 0.0924. The number of rotatable bonds is 5. The largest absolute Gasteiger partial charge is 0.362 e. The summed E-state index contributed by atoms with van der Waals surface area (Å²) in [5.41, 5.74) is 3.88. The number of benzene rings is 1. The molecule has 1 aromatic carbocycles. The molecule has 0 saturated carbocycles. The number of carbonyl (C=O) groups is 1. The highest BCUT2D eigenvalue weighted by atomic mass is 35.5. The first-order valence-electron chi connectivity index (χ1n) is 7.03. The van der Waals surface area contributed by atoms with E-state index in [-0.39, 0.29) is 11.8 Å². The molecule has 2 aromatic rings. The molecular weight excluding hydrogens is 284 g/mol. The predicted molar refractivity (Wildman–Crippen MR) is 87.1 cm³/mol. The maximum Gasteiger partial charge on any atom is 0.178 e. The van der Waals surface area contributed by atoms with Crippen molar-refractivity contribution in [3.63, 3.8) is 0 Å². The fourth-order valence-electron chi connectivity index (χ4n) is 2.46. The summed E-state index contributed by atoms with van der Waals surface area (Å²) >= 11 is 5.91. The van der Waals surface area contributed by atoms with Crippen molar-refractivity contribution in [2.75, 3.05) is 13.6 Å². The summed E-state index contributed by atoms with van der Waals surface area (Å²) in [4.78, 5) is 17.6. The Kier molecular flexibility index (Phi) is 4.86. The molecule has 2 rings (SSSR count). The monoisotopic (exact) mass is 304 g/mol.